The number of rotatable bonds is 5. The molecule has 0 atom stereocenters. The van der Waals surface area contributed by atoms with Gasteiger partial charge in [0.2, 0.25) is 5.91 Å². The topological polar surface area (TPSA) is 40.6 Å². The SMILES string of the molecule is Cc1cc(/C=C2\CN(C(=O)CCN(C)C)C/C(=C\c3ccc(Cl)c(Cl)c3)C2=O)ccc1Cl. The number of aryl methyl sites for hydroxylation is 1. The Morgan fingerprint density at radius 1 is 0.938 bits per heavy atom. The Bertz CT molecular complexity index is 1030. The Morgan fingerprint density at radius 3 is 2.03 bits per heavy atom. The van der Waals surface area contributed by atoms with E-state index in [1.165, 1.54) is 0 Å². The average molecular weight is 492 g/mol. The molecule has 0 spiro atoms. The van der Waals surface area contributed by atoms with Crippen LogP contribution < -0.4 is 0 Å². The van der Waals surface area contributed by atoms with Gasteiger partial charge in [-0.15, -0.1) is 0 Å². The van der Waals surface area contributed by atoms with E-state index in [4.69, 9.17) is 34.8 Å². The van der Waals surface area contributed by atoms with Gasteiger partial charge in [0.1, 0.15) is 0 Å². The van der Waals surface area contributed by atoms with Crippen LogP contribution in [-0.2, 0) is 9.59 Å². The van der Waals surface area contributed by atoms with Gasteiger partial charge in [0.15, 0.2) is 5.78 Å². The number of benzene rings is 2. The van der Waals surface area contributed by atoms with Crippen LogP contribution in [0.1, 0.15) is 23.1 Å². The molecule has 168 valence electrons. The number of amides is 1. The average Bonchev–Trinajstić information content (AvgIpc) is 2.74. The molecule has 7 heteroatoms. The molecule has 1 heterocycles. The van der Waals surface area contributed by atoms with Gasteiger partial charge < -0.3 is 9.80 Å². The van der Waals surface area contributed by atoms with Crippen molar-refractivity contribution in [1.29, 1.82) is 0 Å². The van der Waals surface area contributed by atoms with Gasteiger partial charge in [0.05, 0.1) is 10.0 Å². The molecule has 0 bridgehead atoms. The number of hydrogen-bond donors (Lipinski definition) is 0. The van der Waals surface area contributed by atoms with E-state index in [1.54, 1.807) is 29.2 Å². The van der Waals surface area contributed by atoms with E-state index >= 15 is 0 Å². The maximum absolute atomic E-state index is 13.3. The molecule has 1 fully saturated rings. The molecule has 0 aliphatic carbocycles. The zero-order chi connectivity index (χ0) is 23.4. The molecule has 0 saturated carbocycles. The van der Waals surface area contributed by atoms with Crippen molar-refractivity contribution in [1.82, 2.24) is 9.80 Å². The third kappa shape index (κ3) is 6.23. The van der Waals surface area contributed by atoms with Crippen molar-refractivity contribution in [2.75, 3.05) is 33.7 Å². The Morgan fingerprint density at radius 2 is 1.50 bits per heavy atom. The predicted octanol–water partition coefficient (Wildman–Crippen LogP) is 5.79. The number of nitrogens with zero attached hydrogens (tertiary/aromatic N) is 2. The lowest BCUT2D eigenvalue weighted by atomic mass is 9.93. The van der Waals surface area contributed by atoms with E-state index in [2.05, 4.69) is 0 Å². The van der Waals surface area contributed by atoms with Crippen LogP contribution in [0.2, 0.25) is 15.1 Å². The zero-order valence-corrected chi connectivity index (χ0v) is 20.6. The van der Waals surface area contributed by atoms with Gasteiger partial charge in [-0.1, -0.05) is 53.0 Å². The van der Waals surface area contributed by atoms with Crippen molar-refractivity contribution in [2.24, 2.45) is 0 Å². The number of carbonyl (C=O) groups is 2. The second-order valence-electron chi connectivity index (χ2n) is 8.15. The highest BCUT2D eigenvalue weighted by atomic mass is 35.5. The summed E-state index contributed by atoms with van der Waals surface area (Å²) in [5.41, 5.74) is 3.64. The molecule has 0 N–H and O–H groups in total. The molecule has 0 unspecified atom stereocenters. The van der Waals surface area contributed by atoms with Gasteiger partial charge >= 0.3 is 0 Å². The summed E-state index contributed by atoms with van der Waals surface area (Å²) in [5.74, 6) is -0.0789. The first-order valence-corrected chi connectivity index (χ1v) is 11.4. The number of ketones is 1. The van der Waals surface area contributed by atoms with Crippen molar-refractivity contribution in [3.63, 3.8) is 0 Å². The summed E-state index contributed by atoms with van der Waals surface area (Å²) >= 11 is 18.3. The lowest BCUT2D eigenvalue weighted by Gasteiger charge is -2.30. The van der Waals surface area contributed by atoms with E-state index in [1.807, 2.05) is 50.2 Å². The van der Waals surface area contributed by atoms with Crippen LogP contribution in [0.4, 0.5) is 0 Å². The third-order valence-electron chi connectivity index (χ3n) is 5.24. The van der Waals surface area contributed by atoms with Gasteiger partial charge in [-0.25, -0.2) is 0 Å². The highest BCUT2D eigenvalue weighted by Crippen LogP contribution is 2.27. The van der Waals surface area contributed by atoms with Crippen molar-refractivity contribution < 1.29 is 9.59 Å². The largest absolute Gasteiger partial charge is 0.334 e. The smallest absolute Gasteiger partial charge is 0.224 e. The van der Waals surface area contributed by atoms with Gasteiger partial charge in [-0.3, -0.25) is 9.59 Å². The summed E-state index contributed by atoms with van der Waals surface area (Å²) < 4.78 is 0. The lowest BCUT2D eigenvalue weighted by Crippen LogP contribution is -2.42. The van der Waals surface area contributed by atoms with Crippen LogP contribution in [0.3, 0.4) is 0 Å². The molecule has 0 aromatic heterocycles. The molecular formula is C25H25Cl3N2O2. The number of carbonyl (C=O) groups excluding carboxylic acids is 2. The summed E-state index contributed by atoms with van der Waals surface area (Å²) in [6, 6.07) is 10.8. The summed E-state index contributed by atoms with van der Waals surface area (Å²) in [4.78, 5) is 29.9. The van der Waals surface area contributed by atoms with Crippen molar-refractivity contribution in [2.45, 2.75) is 13.3 Å². The van der Waals surface area contributed by atoms with E-state index in [9.17, 15) is 9.59 Å². The number of Topliss-reactive ketones (excluding diaryl/α,β-unsaturated/α-hetero) is 1. The standard InChI is InChI=1S/C25H25Cl3N2O2/c1-16-10-17(4-6-21(16)26)11-19-14-30(24(31)8-9-29(2)3)15-20(25(19)32)12-18-5-7-22(27)23(28)13-18/h4-7,10-13H,8-9,14-15H2,1-3H3/b19-11+,20-12+. The zero-order valence-electron chi connectivity index (χ0n) is 18.3. The summed E-state index contributed by atoms with van der Waals surface area (Å²) in [6.45, 7) is 3.08. The van der Waals surface area contributed by atoms with E-state index in [0.717, 1.165) is 16.7 Å². The second kappa shape index (κ2) is 10.7. The molecule has 2 aromatic rings. The van der Waals surface area contributed by atoms with Crippen molar-refractivity contribution in [3.8, 4) is 0 Å². The Balaban J connectivity index is 1.98. The van der Waals surface area contributed by atoms with Crippen LogP contribution in [0.25, 0.3) is 12.2 Å². The highest BCUT2D eigenvalue weighted by molar-refractivity contribution is 6.42. The summed E-state index contributed by atoms with van der Waals surface area (Å²) in [7, 11) is 3.85. The van der Waals surface area contributed by atoms with Crippen LogP contribution in [0.5, 0.6) is 0 Å². The molecule has 2 aromatic carbocycles. The van der Waals surface area contributed by atoms with Gasteiger partial charge in [-0.05, 0) is 68.1 Å². The monoisotopic (exact) mass is 490 g/mol. The maximum atomic E-state index is 13.3. The molecule has 1 saturated heterocycles. The third-order valence-corrected chi connectivity index (χ3v) is 6.40. The van der Waals surface area contributed by atoms with Crippen LogP contribution in [0.15, 0.2) is 47.5 Å². The first-order valence-electron chi connectivity index (χ1n) is 10.2. The molecule has 3 rings (SSSR count). The molecule has 0 radical (unpaired) electrons. The first kappa shape index (κ1) is 24.5. The van der Waals surface area contributed by atoms with Crippen LogP contribution in [0, 0.1) is 6.92 Å². The quantitative estimate of drug-likeness (QED) is 0.497. The minimum atomic E-state index is -0.0830. The van der Waals surface area contributed by atoms with Gasteiger partial charge in [-0.2, -0.15) is 0 Å². The van der Waals surface area contributed by atoms with Crippen molar-refractivity contribution in [3.05, 3.63) is 79.3 Å². The molecule has 32 heavy (non-hydrogen) atoms. The van der Waals surface area contributed by atoms with Gasteiger partial charge in [0.25, 0.3) is 0 Å². The number of likely N-dealkylation sites (tertiary alicyclic amines) is 1. The van der Waals surface area contributed by atoms with E-state index in [-0.39, 0.29) is 24.8 Å². The van der Waals surface area contributed by atoms with E-state index < -0.39 is 0 Å². The molecule has 1 amide bonds. The Kier molecular flexibility index (Phi) is 8.18. The fourth-order valence-corrected chi connectivity index (χ4v) is 3.88. The number of hydrogen-bond acceptors (Lipinski definition) is 3. The Hall–Kier alpha value is -2.11. The maximum Gasteiger partial charge on any atom is 0.224 e. The molecule has 4 nitrogen and oxygen atoms in total. The summed E-state index contributed by atoms with van der Waals surface area (Å²) in [6.07, 6.45) is 3.99. The highest BCUT2D eigenvalue weighted by Gasteiger charge is 2.29. The molecular weight excluding hydrogens is 467 g/mol. The van der Waals surface area contributed by atoms with Gasteiger partial charge in [0, 0.05) is 42.2 Å². The molecule has 1 aliphatic heterocycles. The molecule has 1 aliphatic rings. The first-order chi connectivity index (χ1) is 15.1. The van der Waals surface area contributed by atoms with Crippen molar-refractivity contribution >= 4 is 58.6 Å². The fraction of sp³-hybridized carbons (Fsp3) is 0.280. The van der Waals surface area contributed by atoms with Crippen LogP contribution in [-0.4, -0.2) is 55.2 Å². The lowest BCUT2D eigenvalue weighted by molar-refractivity contribution is -0.131. The Labute approximate surface area is 204 Å². The minimum Gasteiger partial charge on any atom is -0.334 e. The fourth-order valence-electron chi connectivity index (χ4n) is 3.46. The van der Waals surface area contributed by atoms with E-state index in [0.29, 0.717) is 39.2 Å². The minimum absolute atomic E-state index is 0.00410. The predicted molar refractivity (Wildman–Crippen MR) is 133 cm³/mol. The normalized spacial score (nSPS) is 17.0. The summed E-state index contributed by atoms with van der Waals surface area (Å²) in [5, 5.41) is 1.53. The number of piperidine rings is 1. The second-order valence-corrected chi connectivity index (χ2v) is 9.38. The van der Waals surface area contributed by atoms with Crippen LogP contribution >= 0.6 is 34.8 Å². The number of halogens is 3.